The third kappa shape index (κ3) is 2.04. The number of aryl methyl sites for hydroxylation is 1. The van der Waals surface area contributed by atoms with E-state index in [1.165, 1.54) is 10.9 Å². The molecule has 5 heteroatoms. The second-order valence-electron chi connectivity index (χ2n) is 6.67. The van der Waals surface area contributed by atoms with Crippen LogP contribution < -0.4 is 10.2 Å². The monoisotopic (exact) mass is 305 g/mol. The highest BCUT2D eigenvalue weighted by Crippen LogP contribution is 2.29. The third-order valence-corrected chi connectivity index (χ3v) is 5.23. The van der Waals surface area contributed by atoms with Gasteiger partial charge in [0.15, 0.2) is 0 Å². The van der Waals surface area contributed by atoms with Crippen LogP contribution in [0.25, 0.3) is 22.0 Å². The van der Waals surface area contributed by atoms with Gasteiger partial charge in [0.2, 0.25) is 0 Å². The normalized spacial score (nSPS) is 23.1. The van der Waals surface area contributed by atoms with Gasteiger partial charge in [-0.3, -0.25) is 5.10 Å². The van der Waals surface area contributed by atoms with Gasteiger partial charge in [-0.15, -0.1) is 0 Å². The highest BCUT2D eigenvalue weighted by atomic mass is 15.3. The van der Waals surface area contributed by atoms with Gasteiger partial charge in [0, 0.05) is 54.4 Å². The molecule has 2 atom stereocenters. The van der Waals surface area contributed by atoms with Crippen LogP contribution in [0, 0.1) is 12.8 Å². The second-order valence-corrected chi connectivity index (χ2v) is 6.67. The molecule has 0 radical (unpaired) electrons. The fourth-order valence-electron chi connectivity index (χ4n) is 3.70. The molecule has 0 amide bonds. The molecule has 23 heavy (non-hydrogen) atoms. The first-order valence-corrected chi connectivity index (χ1v) is 8.17. The number of nitrogens with zero attached hydrogens (tertiary/aromatic N) is 3. The fraction of sp³-hybridized carbons (Fsp3) is 0.333. The van der Waals surface area contributed by atoms with Gasteiger partial charge in [-0.25, -0.2) is 4.98 Å². The molecule has 2 aliphatic heterocycles. The molecule has 2 aromatic heterocycles. The van der Waals surface area contributed by atoms with E-state index in [0.717, 1.165) is 48.1 Å². The first-order valence-electron chi connectivity index (χ1n) is 8.17. The Morgan fingerprint density at radius 3 is 2.74 bits per heavy atom. The zero-order valence-corrected chi connectivity index (χ0v) is 13.1. The number of hydrogen-bond acceptors (Lipinski definition) is 4. The quantitative estimate of drug-likeness (QED) is 0.763. The fourth-order valence-corrected chi connectivity index (χ4v) is 3.70. The van der Waals surface area contributed by atoms with E-state index in [9.17, 15) is 0 Å². The molecule has 0 spiro atoms. The maximum Gasteiger partial charge on any atom is 0.128 e. The summed E-state index contributed by atoms with van der Waals surface area (Å²) in [6, 6.07) is 11.3. The standard InChI is InChI=1S/C18H19N5/c1-11-15-6-12(2-4-16(15)22-21-11)13-3-5-18(20-7-13)23-9-14-8-19-17(14)10-23/h2-7,14,17,19H,8-10H2,1H3,(H,21,22)/t14-,17?/m0/s1. The molecule has 2 saturated heterocycles. The van der Waals surface area contributed by atoms with Gasteiger partial charge in [0.1, 0.15) is 5.82 Å². The van der Waals surface area contributed by atoms with Gasteiger partial charge in [-0.2, -0.15) is 5.10 Å². The summed E-state index contributed by atoms with van der Waals surface area (Å²) >= 11 is 0. The van der Waals surface area contributed by atoms with Crippen LogP contribution in [0.2, 0.25) is 0 Å². The number of H-pyrrole nitrogens is 1. The average Bonchev–Trinajstić information content (AvgIpc) is 3.08. The number of anilines is 1. The summed E-state index contributed by atoms with van der Waals surface area (Å²) in [5, 5.41) is 12.0. The van der Waals surface area contributed by atoms with Gasteiger partial charge >= 0.3 is 0 Å². The molecule has 4 heterocycles. The van der Waals surface area contributed by atoms with E-state index < -0.39 is 0 Å². The van der Waals surface area contributed by atoms with Crippen molar-refractivity contribution >= 4 is 16.7 Å². The van der Waals surface area contributed by atoms with E-state index in [2.05, 4.69) is 57.7 Å². The SMILES string of the molecule is Cc1[nH]nc2ccc(-c3ccc(N4CC5NC[C@H]5C4)nc3)cc12. The van der Waals surface area contributed by atoms with Crippen LogP contribution in [0.1, 0.15) is 5.69 Å². The Hall–Kier alpha value is -2.40. The molecule has 5 rings (SSSR count). The number of fused-ring (bicyclic) bond motifs is 2. The van der Waals surface area contributed by atoms with E-state index >= 15 is 0 Å². The summed E-state index contributed by atoms with van der Waals surface area (Å²) in [7, 11) is 0. The smallest absolute Gasteiger partial charge is 0.128 e. The van der Waals surface area contributed by atoms with Crippen LogP contribution in [0.15, 0.2) is 36.5 Å². The zero-order valence-electron chi connectivity index (χ0n) is 13.1. The van der Waals surface area contributed by atoms with Gasteiger partial charge in [0.25, 0.3) is 0 Å². The summed E-state index contributed by atoms with van der Waals surface area (Å²) in [5.41, 5.74) is 4.45. The van der Waals surface area contributed by atoms with Crippen molar-refractivity contribution in [3.63, 3.8) is 0 Å². The molecule has 0 bridgehead atoms. The Kier molecular flexibility index (Phi) is 2.73. The Balaban J connectivity index is 1.45. The highest BCUT2D eigenvalue weighted by molar-refractivity contribution is 5.86. The number of pyridine rings is 1. The van der Waals surface area contributed by atoms with Gasteiger partial charge in [-0.1, -0.05) is 6.07 Å². The van der Waals surface area contributed by atoms with E-state index in [1.807, 2.05) is 6.20 Å². The maximum absolute atomic E-state index is 4.70. The molecule has 2 aliphatic rings. The van der Waals surface area contributed by atoms with Crippen molar-refractivity contribution in [1.29, 1.82) is 0 Å². The average molecular weight is 305 g/mol. The summed E-state index contributed by atoms with van der Waals surface area (Å²) in [6.45, 7) is 5.42. The van der Waals surface area contributed by atoms with Crippen molar-refractivity contribution < 1.29 is 0 Å². The lowest BCUT2D eigenvalue weighted by Crippen LogP contribution is -2.51. The van der Waals surface area contributed by atoms with Crippen LogP contribution in [-0.4, -0.2) is 40.9 Å². The van der Waals surface area contributed by atoms with Crippen molar-refractivity contribution in [2.45, 2.75) is 13.0 Å². The van der Waals surface area contributed by atoms with Crippen molar-refractivity contribution in [1.82, 2.24) is 20.5 Å². The summed E-state index contributed by atoms with van der Waals surface area (Å²) in [4.78, 5) is 7.09. The highest BCUT2D eigenvalue weighted by Gasteiger charge is 2.39. The molecular weight excluding hydrogens is 286 g/mol. The minimum atomic E-state index is 0.669. The molecule has 2 fully saturated rings. The van der Waals surface area contributed by atoms with Crippen molar-refractivity contribution in [2.24, 2.45) is 5.92 Å². The number of benzene rings is 1. The predicted molar refractivity (Wildman–Crippen MR) is 91.6 cm³/mol. The van der Waals surface area contributed by atoms with Crippen LogP contribution in [0.4, 0.5) is 5.82 Å². The number of aromatic amines is 1. The Morgan fingerprint density at radius 1 is 1.13 bits per heavy atom. The van der Waals surface area contributed by atoms with E-state index in [-0.39, 0.29) is 0 Å². The lowest BCUT2D eigenvalue weighted by Gasteiger charge is -2.29. The molecule has 0 aliphatic carbocycles. The largest absolute Gasteiger partial charge is 0.355 e. The van der Waals surface area contributed by atoms with Gasteiger partial charge in [0.05, 0.1) is 5.52 Å². The summed E-state index contributed by atoms with van der Waals surface area (Å²) in [6.07, 6.45) is 1.99. The molecular formula is C18H19N5. The van der Waals surface area contributed by atoms with Crippen molar-refractivity contribution in [2.75, 3.05) is 24.5 Å². The maximum atomic E-state index is 4.70. The summed E-state index contributed by atoms with van der Waals surface area (Å²) < 4.78 is 0. The van der Waals surface area contributed by atoms with Crippen LogP contribution in [-0.2, 0) is 0 Å². The Morgan fingerprint density at radius 2 is 2.04 bits per heavy atom. The Labute approximate surface area is 134 Å². The van der Waals surface area contributed by atoms with Crippen molar-refractivity contribution in [3.05, 3.63) is 42.2 Å². The van der Waals surface area contributed by atoms with Crippen LogP contribution in [0.5, 0.6) is 0 Å². The van der Waals surface area contributed by atoms with E-state index in [1.54, 1.807) is 0 Å². The number of hydrogen-bond donors (Lipinski definition) is 2. The summed E-state index contributed by atoms with van der Waals surface area (Å²) in [5.74, 6) is 1.90. The van der Waals surface area contributed by atoms with Crippen molar-refractivity contribution in [3.8, 4) is 11.1 Å². The molecule has 5 nitrogen and oxygen atoms in total. The third-order valence-electron chi connectivity index (χ3n) is 5.23. The molecule has 3 aromatic rings. The predicted octanol–water partition coefficient (Wildman–Crippen LogP) is 2.34. The van der Waals surface area contributed by atoms with E-state index in [0.29, 0.717) is 6.04 Å². The number of aromatic nitrogens is 3. The lowest BCUT2D eigenvalue weighted by molar-refractivity contribution is 0.297. The number of rotatable bonds is 2. The first kappa shape index (κ1) is 13.1. The molecule has 1 aromatic carbocycles. The molecule has 116 valence electrons. The molecule has 1 unspecified atom stereocenters. The second kappa shape index (κ2) is 4.80. The minimum absolute atomic E-state index is 0.669. The van der Waals surface area contributed by atoms with Gasteiger partial charge in [-0.05, 0) is 36.8 Å². The van der Waals surface area contributed by atoms with E-state index in [4.69, 9.17) is 4.98 Å². The first-order chi connectivity index (χ1) is 11.3. The minimum Gasteiger partial charge on any atom is -0.355 e. The zero-order chi connectivity index (χ0) is 15.4. The molecule has 2 N–H and O–H groups in total. The van der Waals surface area contributed by atoms with Crippen LogP contribution >= 0.6 is 0 Å². The Bertz CT molecular complexity index is 855. The van der Waals surface area contributed by atoms with Crippen LogP contribution in [0.3, 0.4) is 0 Å². The number of nitrogens with one attached hydrogen (secondary N) is 2. The topological polar surface area (TPSA) is 56.8 Å². The lowest BCUT2D eigenvalue weighted by atomic mass is 9.96. The van der Waals surface area contributed by atoms with Gasteiger partial charge < -0.3 is 10.2 Å². The molecule has 0 saturated carbocycles.